The Hall–Kier alpha value is -4.83. The van der Waals surface area contributed by atoms with E-state index < -0.39 is 43.5 Å². The Bertz CT molecular complexity index is 3100. The summed E-state index contributed by atoms with van der Waals surface area (Å²) < 4.78 is 59.7. The van der Waals surface area contributed by atoms with Gasteiger partial charge in [-0.3, -0.25) is 9.59 Å². The number of ether oxygens (including phenoxy) is 2. The molecule has 22 heteroatoms. The quantitative estimate of drug-likeness (QED) is 0.119. The van der Waals surface area contributed by atoms with Gasteiger partial charge in [-0.2, -0.15) is 0 Å². The van der Waals surface area contributed by atoms with E-state index in [1.807, 2.05) is 203 Å². The van der Waals surface area contributed by atoms with E-state index >= 15 is 0 Å². The molecule has 0 bridgehead atoms. The second kappa shape index (κ2) is 25.3. The van der Waals surface area contributed by atoms with Gasteiger partial charge in [-0.05, 0) is 189 Å². The molecule has 2 aromatic carbocycles. The van der Waals surface area contributed by atoms with Crippen molar-refractivity contribution in [2.24, 2.45) is 0 Å². The van der Waals surface area contributed by atoms with Gasteiger partial charge in [0.25, 0.3) is 11.8 Å². The summed E-state index contributed by atoms with van der Waals surface area (Å²) in [5.41, 5.74) is 2.51. The van der Waals surface area contributed by atoms with Gasteiger partial charge >= 0.3 is 33.3 Å². The highest BCUT2D eigenvalue weighted by molar-refractivity contribution is 9.10. The number of ketones is 2. The van der Waals surface area contributed by atoms with E-state index in [4.69, 9.17) is 46.2 Å². The Morgan fingerprint density at radius 1 is 0.523 bits per heavy atom. The van der Waals surface area contributed by atoms with Gasteiger partial charge in [0, 0.05) is 54.3 Å². The van der Waals surface area contributed by atoms with E-state index in [9.17, 15) is 19.2 Å². The molecule has 0 radical (unpaired) electrons. The Morgan fingerprint density at radius 3 is 1.20 bits per heavy atom. The standard InChI is InChI=1S/C30H43BN2O6.C24H31BrN2O4.C12H24B2O4/c1-27(2,3)24-18-36-25(32-24)23(34)16-19-13-14-33(26(35)37-28(4,5)6)17-20-15-21(11-12-22(19)20)31-38-29(7,8)30(9,10)39-31;1-23(2,3)20-14-30-21(26-20)19(28)12-15-9-10-27(22(29)31-24(4,5)6)13-16-11-17(25)7-8-18(15)16;1-9(2)10(3,4)16-13(15-9)14-17-11(5,6)12(7,8)18-14/h11-12,15,18-19H,13-14,16-17H2,1-10H3;7-8,11,14-15H,9-10,12-13H2,1-6H3;1-8H3/t19-;15-;/m00./s1. The lowest BCUT2D eigenvalue weighted by molar-refractivity contribution is 0.00578. The van der Waals surface area contributed by atoms with E-state index in [0.717, 1.165) is 43.6 Å². The minimum absolute atomic E-state index is 0.0342. The van der Waals surface area contributed by atoms with Crippen LogP contribution in [0.1, 0.15) is 259 Å². The first-order valence-corrected chi connectivity index (χ1v) is 31.8. The number of hydrogen-bond acceptors (Lipinski definition) is 16. The molecular formula is C66H98B3BrN4O14. The smallest absolute Gasteiger partial charge is 0.444 e. The van der Waals surface area contributed by atoms with Crippen LogP contribution in [0.4, 0.5) is 9.59 Å². The van der Waals surface area contributed by atoms with E-state index in [-0.39, 0.29) is 93.4 Å². The van der Waals surface area contributed by atoms with Crippen molar-refractivity contribution in [3.05, 3.63) is 98.8 Å². The van der Waals surface area contributed by atoms with Gasteiger partial charge in [-0.25, -0.2) is 19.6 Å². The van der Waals surface area contributed by atoms with Crippen molar-refractivity contribution in [2.75, 3.05) is 13.1 Å². The molecule has 3 saturated heterocycles. The summed E-state index contributed by atoms with van der Waals surface area (Å²) in [4.78, 5) is 64.4. The minimum Gasteiger partial charge on any atom is -0.444 e. The molecule has 3 fully saturated rings. The predicted octanol–water partition coefficient (Wildman–Crippen LogP) is 14.2. The SMILES string of the molecule is CC(C)(C)OC(=O)N1CC[C@@H](CC(=O)c2nc(C(C)(C)C)co2)c2ccc(B3OC(C)(C)C(C)(C)O3)cc2C1.CC(C)(C)OC(=O)N1CC[C@@H](CC(=O)c2nc(C(C)(C)C)co2)c2ccc(Br)cc2C1.CC1(C)OB(B2OC(C)(C)C(C)(C)O2)OC1(C)C. The van der Waals surface area contributed by atoms with E-state index in [1.54, 1.807) is 22.3 Å². The number of Topliss-reactive ketones (excluding diaryl/α,β-unsaturated/α-hetero) is 2. The zero-order chi connectivity index (χ0) is 65.9. The molecule has 0 spiro atoms. The highest BCUT2D eigenvalue weighted by Gasteiger charge is 2.64. The van der Waals surface area contributed by atoms with Crippen LogP contribution in [0.5, 0.6) is 0 Å². The summed E-state index contributed by atoms with van der Waals surface area (Å²) in [5, 5.41) is 0. The Morgan fingerprint density at radius 2 is 0.864 bits per heavy atom. The third-order valence-corrected chi connectivity index (χ3v) is 18.3. The monoisotopic (exact) mass is 1280 g/mol. The first kappa shape index (κ1) is 70.6. The zero-order valence-electron chi connectivity index (χ0n) is 57.0. The molecular weight excluding hydrogens is 1190 g/mol. The van der Waals surface area contributed by atoms with Crippen LogP contribution in [0.15, 0.2) is 62.2 Å². The normalized spacial score (nSPS) is 21.9. The summed E-state index contributed by atoms with van der Waals surface area (Å²) in [5.74, 6) is -0.145. The topological polar surface area (TPSA) is 201 Å². The van der Waals surface area contributed by atoms with Gasteiger partial charge in [-0.1, -0.05) is 81.7 Å². The molecule has 4 aromatic rings. The summed E-state index contributed by atoms with van der Waals surface area (Å²) in [6, 6.07) is 12.1. The number of hydrogen-bond donors (Lipinski definition) is 0. The highest BCUT2D eigenvalue weighted by Crippen LogP contribution is 2.44. The molecule has 2 atom stereocenters. The molecule has 9 rings (SSSR count). The number of rotatable bonds is 8. The number of benzene rings is 2. The van der Waals surface area contributed by atoms with Crippen LogP contribution >= 0.6 is 15.9 Å². The fourth-order valence-electron chi connectivity index (χ4n) is 10.4. The molecule has 5 aliphatic rings. The average Bonchev–Trinajstić information content (AvgIpc) is 1.99. The predicted molar refractivity (Wildman–Crippen MR) is 345 cm³/mol. The van der Waals surface area contributed by atoms with Crippen molar-refractivity contribution in [3.8, 4) is 0 Å². The summed E-state index contributed by atoms with van der Waals surface area (Å²) in [6.07, 6.45) is 4.20. The van der Waals surface area contributed by atoms with Crippen LogP contribution in [-0.2, 0) is 61.3 Å². The fraction of sp³-hybridized carbons (Fsp3) is 0.667. The van der Waals surface area contributed by atoms with Crippen molar-refractivity contribution < 1.29 is 65.4 Å². The number of carbonyl (C=O) groups is 4. The van der Waals surface area contributed by atoms with Gasteiger partial charge in [0.15, 0.2) is 0 Å². The summed E-state index contributed by atoms with van der Waals surface area (Å²) in [7, 11) is -1.48. The Kier molecular flexibility index (Phi) is 20.3. The van der Waals surface area contributed by atoms with Crippen LogP contribution in [0.3, 0.4) is 0 Å². The number of aromatic nitrogens is 2. The van der Waals surface area contributed by atoms with Crippen LogP contribution in [0.2, 0.25) is 0 Å². The van der Waals surface area contributed by atoms with Crippen molar-refractivity contribution in [3.63, 3.8) is 0 Å². The lowest BCUT2D eigenvalue weighted by Gasteiger charge is -2.32. The van der Waals surface area contributed by atoms with Gasteiger partial charge < -0.3 is 56.0 Å². The molecule has 18 nitrogen and oxygen atoms in total. The molecule has 0 saturated carbocycles. The highest BCUT2D eigenvalue weighted by atomic mass is 79.9. The lowest BCUT2D eigenvalue weighted by atomic mass is 9.49. The lowest BCUT2D eigenvalue weighted by Crippen LogP contribution is -2.41. The maximum atomic E-state index is 13.3. The van der Waals surface area contributed by atoms with Crippen LogP contribution in [0, 0.1) is 0 Å². The Balaban J connectivity index is 0.000000201. The first-order chi connectivity index (χ1) is 40.1. The van der Waals surface area contributed by atoms with E-state index in [1.165, 1.54) is 0 Å². The molecule has 88 heavy (non-hydrogen) atoms. The van der Waals surface area contributed by atoms with Gasteiger partial charge in [0.1, 0.15) is 23.7 Å². The van der Waals surface area contributed by atoms with Crippen LogP contribution in [-0.4, -0.2) is 123 Å². The number of nitrogens with zero attached hydrogens (tertiary/aromatic N) is 4. The second-order valence-electron chi connectivity index (χ2n) is 31.2. The number of carbonyl (C=O) groups excluding carboxylic acids is 4. The minimum atomic E-state index is -0.609. The maximum absolute atomic E-state index is 13.3. The molecule has 7 heterocycles. The maximum Gasteiger partial charge on any atom is 0.494 e. The molecule has 0 N–H and O–H groups in total. The fourth-order valence-corrected chi connectivity index (χ4v) is 10.8. The Labute approximate surface area is 533 Å². The third kappa shape index (κ3) is 16.8. The van der Waals surface area contributed by atoms with Crippen molar-refractivity contribution in [1.29, 1.82) is 0 Å². The van der Waals surface area contributed by atoms with E-state index in [0.29, 0.717) is 39.0 Å². The van der Waals surface area contributed by atoms with Crippen molar-refractivity contribution >= 4 is 66.3 Å². The van der Waals surface area contributed by atoms with E-state index in [2.05, 4.69) is 25.9 Å². The molecule has 482 valence electrons. The summed E-state index contributed by atoms with van der Waals surface area (Å²) >= 11 is 3.52. The number of halogens is 1. The third-order valence-electron chi connectivity index (χ3n) is 17.8. The average molecular weight is 1280 g/mol. The molecule has 5 aliphatic heterocycles. The summed E-state index contributed by atoms with van der Waals surface area (Å²) in [6.45, 7) is 49.4. The van der Waals surface area contributed by atoms with Gasteiger partial charge in [-0.15, -0.1) is 0 Å². The van der Waals surface area contributed by atoms with Crippen LogP contribution in [0.25, 0.3) is 0 Å². The molecule has 2 aromatic heterocycles. The molecule has 0 aliphatic carbocycles. The zero-order valence-corrected chi connectivity index (χ0v) is 58.6. The van der Waals surface area contributed by atoms with Gasteiger partial charge in [0.2, 0.25) is 11.6 Å². The van der Waals surface area contributed by atoms with Gasteiger partial charge in [0.05, 0.1) is 45.0 Å². The van der Waals surface area contributed by atoms with Crippen molar-refractivity contribution in [1.82, 2.24) is 19.8 Å². The molecule has 2 amide bonds. The largest absolute Gasteiger partial charge is 0.494 e. The first-order valence-electron chi connectivity index (χ1n) is 31.0. The van der Waals surface area contributed by atoms with Crippen molar-refractivity contribution in [2.45, 2.75) is 272 Å². The molecule has 0 unspecified atom stereocenters. The number of amides is 2. The van der Waals surface area contributed by atoms with Crippen LogP contribution < -0.4 is 5.46 Å². The number of fused-ring (bicyclic) bond motifs is 2. The second-order valence-corrected chi connectivity index (χ2v) is 32.2. The number of oxazole rings is 2.